The minimum absolute atomic E-state index is 0.0151. The third-order valence-electron chi connectivity index (χ3n) is 5.36. The van der Waals surface area contributed by atoms with Crippen LogP contribution in [0.5, 0.6) is 0 Å². The maximum atomic E-state index is 15.9. The predicted molar refractivity (Wildman–Crippen MR) is 112 cm³/mol. The van der Waals surface area contributed by atoms with Gasteiger partial charge in [0.2, 0.25) is 0 Å². The Morgan fingerprint density at radius 2 is 1.93 bits per heavy atom. The molecule has 0 aliphatic carbocycles. The van der Waals surface area contributed by atoms with Gasteiger partial charge in [0, 0.05) is 48.3 Å². The molecule has 0 radical (unpaired) electrons. The van der Waals surface area contributed by atoms with E-state index < -0.39 is 11.6 Å². The molecule has 2 aromatic heterocycles. The molecule has 0 fully saturated rings. The normalized spacial score (nSPS) is 13.0. The van der Waals surface area contributed by atoms with Crippen LogP contribution in [0.3, 0.4) is 0 Å². The summed E-state index contributed by atoms with van der Waals surface area (Å²) < 4.78 is 30.4. The van der Waals surface area contributed by atoms with Crippen LogP contribution in [0.2, 0.25) is 0 Å². The molecule has 1 aliphatic heterocycles. The fraction of sp³-hybridized carbons (Fsp3) is 0.130. The van der Waals surface area contributed by atoms with Gasteiger partial charge in [-0.15, -0.1) is 0 Å². The number of fused-ring (bicyclic) bond motifs is 2. The Balaban J connectivity index is 1.83. The molecular formula is C23H18F2N4. The van der Waals surface area contributed by atoms with E-state index in [4.69, 9.17) is 0 Å². The van der Waals surface area contributed by atoms with Crippen molar-refractivity contribution in [2.75, 3.05) is 23.8 Å². The summed E-state index contributed by atoms with van der Waals surface area (Å²) in [6.45, 7) is 0.627. The topological polar surface area (TPSA) is 41.0 Å². The molecule has 0 spiro atoms. The van der Waals surface area contributed by atoms with E-state index in [0.29, 0.717) is 23.1 Å². The SMILES string of the molecule is CNc1ccc2c(N3CCc4cnccc43)c(F)c(-c3ccccc3F)nc2c1. The van der Waals surface area contributed by atoms with Crippen LogP contribution in [0.1, 0.15) is 5.56 Å². The fourth-order valence-corrected chi connectivity index (χ4v) is 3.94. The number of nitrogens with zero attached hydrogens (tertiary/aromatic N) is 3. The highest BCUT2D eigenvalue weighted by Crippen LogP contribution is 2.42. The van der Waals surface area contributed by atoms with Crippen molar-refractivity contribution in [3.05, 3.63) is 78.1 Å². The van der Waals surface area contributed by atoms with E-state index in [1.54, 1.807) is 24.4 Å². The summed E-state index contributed by atoms with van der Waals surface area (Å²) in [7, 11) is 1.81. The molecule has 5 rings (SSSR count). The van der Waals surface area contributed by atoms with Crippen LogP contribution in [0.25, 0.3) is 22.2 Å². The van der Waals surface area contributed by atoms with Crippen molar-refractivity contribution in [1.29, 1.82) is 0 Å². The lowest BCUT2D eigenvalue weighted by Gasteiger charge is -2.23. The van der Waals surface area contributed by atoms with Gasteiger partial charge in [0.1, 0.15) is 11.5 Å². The number of pyridine rings is 2. The number of nitrogens with one attached hydrogen (secondary N) is 1. The van der Waals surface area contributed by atoms with Gasteiger partial charge >= 0.3 is 0 Å². The molecule has 2 aromatic carbocycles. The summed E-state index contributed by atoms with van der Waals surface area (Å²) in [6, 6.07) is 13.6. The molecule has 4 nitrogen and oxygen atoms in total. The van der Waals surface area contributed by atoms with Gasteiger partial charge in [-0.1, -0.05) is 12.1 Å². The molecule has 0 saturated carbocycles. The molecule has 0 saturated heterocycles. The molecule has 0 bridgehead atoms. The van der Waals surface area contributed by atoms with E-state index >= 15 is 4.39 Å². The second-order valence-electron chi connectivity index (χ2n) is 6.99. The fourth-order valence-electron chi connectivity index (χ4n) is 3.94. The number of aromatic nitrogens is 2. The minimum atomic E-state index is -0.524. The lowest BCUT2D eigenvalue weighted by molar-refractivity contribution is 0.612. The second kappa shape index (κ2) is 6.81. The quantitative estimate of drug-likeness (QED) is 0.516. The van der Waals surface area contributed by atoms with Crippen molar-refractivity contribution in [1.82, 2.24) is 9.97 Å². The molecule has 0 unspecified atom stereocenters. The van der Waals surface area contributed by atoms with Crippen molar-refractivity contribution in [3.63, 3.8) is 0 Å². The maximum Gasteiger partial charge on any atom is 0.173 e. The Kier molecular flexibility index (Phi) is 4.12. The summed E-state index contributed by atoms with van der Waals surface area (Å²) in [5.41, 5.74) is 4.03. The van der Waals surface area contributed by atoms with E-state index in [1.807, 2.05) is 42.4 Å². The minimum Gasteiger partial charge on any atom is -0.388 e. The number of hydrogen-bond donors (Lipinski definition) is 1. The summed E-state index contributed by atoms with van der Waals surface area (Å²) in [4.78, 5) is 10.6. The van der Waals surface area contributed by atoms with Gasteiger partial charge in [-0.25, -0.2) is 13.8 Å². The van der Waals surface area contributed by atoms with E-state index in [2.05, 4.69) is 15.3 Å². The first-order chi connectivity index (χ1) is 14.2. The lowest BCUT2D eigenvalue weighted by Crippen LogP contribution is -2.16. The number of halogens is 2. The summed E-state index contributed by atoms with van der Waals surface area (Å²) in [5.74, 6) is -1.02. The van der Waals surface area contributed by atoms with Gasteiger partial charge in [-0.05, 0) is 48.4 Å². The highest BCUT2D eigenvalue weighted by atomic mass is 19.1. The van der Waals surface area contributed by atoms with Gasteiger partial charge < -0.3 is 10.2 Å². The van der Waals surface area contributed by atoms with Gasteiger partial charge in [0.05, 0.1) is 11.2 Å². The first-order valence-electron chi connectivity index (χ1n) is 9.43. The molecule has 3 heterocycles. The molecule has 29 heavy (non-hydrogen) atoms. The third-order valence-corrected chi connectivity index (χ3v) is 5.36. The van der Waals surface area contributed by atoms with Gasteiger partial charge in [-0.2, -0.15) is 0 Å². The average Bonchev–Trinajstić information content (AvgIpc) is 3.17. The standard InChI is InChI=1S/C23H18F2N4/c1-26-15-6-7-17-19(12-15)28-22(16-4-2-3-5-18(16)24)21(25)23(17)29-11-9-14-13-27-10-8-20(14)29/h2-8,10,12-13,26H,9,11H2,1H3. The Morgan fingerprint density at radius 1 is 1.07 bits per heavy atom. The van der Waals surface area contributed by atoms with Crippen LogP contribution in [-0.4, -0.2) is 23.6 Å². The van der Waals surface area contributed by atoms with Gasteiger partial charge in [0.15, 0.2) is 5.82 Å². The van der Waals surface area contributed by atoms with Crippen molar-refractivity contribution in [3.8, 4) is 11.3 Å². The lowest BCUT2D eigenvalue weighted by atomic mass is 10.0. The van der Waals surface area contributed by atoms with E-state index in [1.165, 1.54) is 6.07 Å². The Labute approximate surface area is 166 Å². The zero-order valence-corrected chi connectivity index (χ0v) is 15.8. The number of hydrogen-bond acceptors (Lipinski definition) is 4. The Bertz CT molecular complexity index is 1240. The largest absolute Gasteiger partial charge is 0.388 e. The van der Waals surface area contributed by atoms with E-state index in [0.717, 1.165) is 23.4 Å². The molecule has 1 N–H and O–H groups in total. The smallest absolute Gasteiger partial charge is 0.173 e. The predicted octanol–water partition coefficient (Wildman–Crippen LogP) is 5.31. The Morgan fingerprint density at radius 3 is 2.76 bits per heavy atom. The molecule has 0 amide bonds. The molecule has 144 valence electrons. The number of rotatable bonds is 3. The van der Waals surface area contributed by atoms with Crippen molar-refractivity contribution >= 4 is 28.0 Å². The third kappa shape index (κ3) is 2.79. The highest BCUT2D eigenvalue weighted by molar-refractivity contribution is 5.98. The van der Waals surface area contributed by atoms with Gasteiger partial charge in [0.25, 0.3) is 0 Å². The average molecular weight is 388 g/mol. The molecule has 1 aliphatic rings. The van der Waals surface area contributed by atoms with Crippen LogP contribution in [0.4, 0.5) is 25.8 Å². The first-order valence-corrected chi connectivity index (χ1v) is 9.43. The van der Waals surface area contributed by atoms with E-state index in [9.17, 15) is 4.39 Å². The number of benzene rings is 2. The van der Waals surface area contributed by atoms with Crippen LogP contribution >= 0.6 is 0 Å². The monoisotopic (exact) mass is 388 g/mol. The van der Waals surface area contributed by atoms with Crippen LogP contribution in [0.15, 0.2) is 60.9 Å². The molecule has 4 aromatic rings. The first kappa shape index (κ1) is 17.6. The zero-order chi connectivity index (χ0) is 20.0. The Hall–Kier alpha value is -3.54. The van der Waals surface area contributed by atoms with Crippen LogP contribution in [-0.2, 0) is 6.42 Å². The highest BCUT2D eigenvalue weighted by Gasteiger charge is 2.28. The molecule has 6 heteroatoms. The van der Waals surface area contributed by atoms with E-state index in [-0.39, 0.29) is 11.3 Å². The van der Waals surface area contributed by atoms with Crippen molar-refractivity contribution < 1.29 is 8.78 Å². The second-order valence-corrected chi connectivity index (χ2v) is 6.99. The summed E-state index contributed by atoms with van der Waals surface area (Å²) in [5, 5.41) is 3.77. The summed E-state index contributed by atoms with van der Waals surface area (Å²) in [6.07, 6.45) is 4.29. The van der Waals surface area contributed by atoms with Crippen molar-refractivity contribution in [2.45, 2.75) is 6.42 Å². The van der Waals surface area contributed by atoms with Gasteiger partial charge in [-0.3, -0.25) is 4.98 Å². The van der Waals surface area contributed by atoms with Crippen LogP contribution < -0.4 is 10.2 Å². The molecule has 0 atom stereocenters. The number of anilines is 3. The maximum absolute atomic E-state index is 15.9. The van der Waals surface area contributed by atoms with Crippen molar-refractivity contribution in [2.24, 2.45) is 0 Å². The zero-order valence-electron chi connectivity index (χ0n) is 15.8. The summed E-state index contributed by atoms with van der Waals surface area (Å²) >= 11 is 0. The molecular weight excluding hydrogens is 370 g/mol. The van der Waals surface area contributed by atoms with Crippen LogP contribution in [0, 0.1) is 11.6 Å².